The number of hydrogen-bond acceptors (Lipinski definition) is 4. The van der Waals surface area contributed by atoms with Crippen LogP contribution in [-0.4, -0.2) is 45.8 Å². The summed E-state index contributed by atoms with van der Waals surface area (Å²) in [5.74, 6) is 0.0323. The predicted molar refractivity (Wildman–Crippen MR) is 79.9 cm³/mol. The minimum absolute atomic E-state index is 0.0323. The Hall–Kier alpha value is -0.660. The van der Waals surface area contributed by atoms with Crippen molar-refractivity contribution in [3.63, 3.8) is 0 Å². The van der Waals surface area contributed by atoms with Gasteiger partial charge in [0.2, 0.25) is 15.9 Å². The van der Waals surface area contributed by atoms with Crippen LogP contribution in [0.4, 0.5) is 0 Å². The smallest absolute Gasteiger partial charge is 0.226 e. The molecule has 6 nitrogen and oxygen atoms in total. The molecule has 1 heterocycles. The van der Waals surface area contributed by atoms with Crippen LogP contribution in [0, 0.1) is 5.41 Å². The molecule has 7 heteroatoms. The van der Waals surface area contributed by atoms with Crippen LogP contribution in [0.3, 0.4) is 0 Å². The fourth-order valence-corrected chi connectivity index (χ4v) is 3.75. The number of rotatable bonds is 6. The van der Waals surface area contributed by atoms with E-state index in [4.69, 9.17) is 0 Å². The highest BCUT2D eigenvalue weighted by Crippen LogP contribution is 2.32. The molecule has 0 saturated carbocycles. The molecule has 1 rings (SSSR count). The van der Waals surface area contributed by atoms with Crippen LogP contribution in [-0.2, 0) is 14.8 Å². The van der Waals surface area contributed by atoms with Crippen molar-refractivity contribution in [3.8, 4) is 0 Å². The van der Waals surface area contributed by atoms with Gasteiger partial charge in [0.1, 0.15) is 0 Å². The molecule has 0 aromatic rings. The lowest BCUT2D eigenvalue weighted by atomic mass is 9.76. The third-order valence-electron chi connectivity index (χ3n) is 3.87. The van der Waals surface area contributed by atoms with Crippen LogP contribution < -0.4 is 15.4 Å². The topological polar surface area (TPSA) is 87.3 Å². The van der Waals surface area contributed by atoms with Crippen molar-refractivity contribution in [1.82, 2.24) is 15.4 Å². The first-order chi connectivity index (χ1) is 9.10. The Kier molecular flexibility index (Phi) is 5.57. The van der Waals surface area contributed by atoms with Gasteiger partial charge in [0.05, 0.1) is 11.7 Å². The maximum Gasteiger partial charge on any atom is 0.226 e. The van der Waals surface area contributed by atoms with E-state index in [-0.39, 0.29) is 17.9 Å². The van der Waals surface area contributed by atoms with E-state index in [1.165, 1.54) is 0 Å². The van der Waals surface area contributed by atoms with Gasteiger partial charge >= 0.3 is 0 Å². The first-order valence-electron chi connectivity index (χ1n) is 7.08. The highest BCUT2D eigenvalue weighted by Gasteiger charge is 2.38. The third-order valence-corrected chi connectivity index (χ3v) is 4.80. The van der Waals surface area contributed by atoms with Crippen molar-refractivity contribution in [2.45, 2.75) is 45.6 Å². The summed E-state index contributed by atoms with van der Waals surface area (Å²) >= 11 is 0. The van der Waals surface area contributed by atoms with Gasteiger partial charge in [-0.3, -0.25) is 4.79 Å². The van der Waals surface area contributed by atoms with Gasteiger partial charge in [-0.05, 0) is 46.2 Å². The normalized spacial score (nSPS) is 19.6. The Morgan fingerprint density at radius 3 is 2.30 bits per heavy atom. The Labute approximate surface area is 122 Å². The Bertz CT molecular complexity index is 440. The molecule has 118 valence electrons. The lowest BCUT2D eigenvalue weighted by Crippen LogP contribution is -2.54. The van der Waals surface area contributed by atoms with E-state index in [2.05, 4.69) is 15.4 Å². The Morgan fingerprint density at radius 1 is 1.30 bits per heavy atom. The summed E-state index contributed by atoms with van der Waals surface area (Å²) in [7, 11) is -3.29. The molecule has 1 saturated heterocycles. The van der Waals surface area contributed by atoms with E-state index >= 15 is 0 Å². The summed E-state index contributed by atoms with van der Waals surface area (Å²) in [6, 6.07) is 0. The molecule has 1 aliphatic heterocycles. The van der Waals surface area contributed by atoms with Crippen molar-refractivity contribution in [2.24, 2.45) is 5.41 Å². The number of piperidine rings is 1. The zero-order valence-electron chi connectivity index (χ0n) is 12.9. The van der Waals surface area contributed by atoms with Gasteiger partial charge in [-0.25, -0.2) is 13.1 Å². The molecule has 0 spiro atoms. The van der Waals surface area contributed by atoms with E-state index in [0.717, 1.165) is 38.6 Å². The Morgan fingerprint density at radius 2 is 1.85 bits per heavy atom. The maximum atomic E-state index is 12.4. The molecule has 1 amide bonds. The average molecular weight is 305 g/mol. The summed E-state index contributed by atoms with van der Waals surface area (Å²) in [6.07, 6.45) is 3.59. The lowest BCUT2D eigenvalue weighted by molar-refractivity contribution is -0.133. The monoisotopic (exact) mass is 305 g/mol. The van der Waals surface area contributed by atoms with E-state index in [1.807, 2.05) is 6.92 Å². The van der Waals surface area contributed by atoms with E-state index in [1.54, 1.807) is 13.8 Å². The average Bonchev–Trinajstić information content (AvgIpc) is 2.34. The zero-order valence-corrected chi connectivity index (χ0v) is 13.7. The number of amides is 1. The molecular formula is C13H27N3O3S. The number of sulfonamides is 1. The molecule has 20 heavy (non-hydrogen) atoms. The second-order valence-electron chi connectivity index (χ2n) is 6.32. The first kappa shape index (κ1) is 17.4. The number of nitrogens with one attached hydrogen (secondary N) is 3. The fraction of sp³-hybridized carbons (Fsp3) is 0.923. The molecule has 1 fully saturated rings. The number of hydrogen-bond donors (Lipinski definition) is 3. The molecule has 0 unspecified atom stereocenters. The van der Waals surface area contributed by atoms with Gasteiger partial charge in [-0.1, -0.05) is 6.92 Å². The highest BCUT2D eigenvalue weighted by atomic mass is 32.2. The summed E-state index contributed by atoms with van der Waals surface area (Å²) in [5.41, 5.74) is -1.00. The van der Waals surface area contributed by atoms with Gasteiger partial charge in [-0.2, -0.15) is 0 Å². The minimum Gasteiger partial charge on any atom is -0.354 e. The van der Waals surface area contributed by atoms with Crippen LogP contribution >= 0.6 is 0 Å². The second kappa shape index (κ2) is 6.41. The molecule has 0 aromatic carbocycles. The Balaban J connectivity index is 2.61. The first-order valence-corrected chi connectivity index (χ1v) is 8.97. The molecule has 1 aliphatic rings. The van der Waals surface area contributed by atoms with Gasteiger partial charge in [0, 0.05) is 12.1 Å². The predicted octanol–water partition coefficient (Wildman–Crippen LogP) is 0.210. The van der Waals surface area contributed by atoms with Gasteiger partial charge in [0.25, 0.3) is 0 Å². The largest absolute Gasteiger partial charge is 0.354 e. The second-order valence-corrected chi connectivity index (χ2v) is 8.07. The molecular weight excluding hydrogens is 278 g/mol. The van der Waals surface area contributed by atoms with E-state index in [9.17, 15) is 13.2 Å². The van der Waals surface area contributed by atoms with Crippen molar-refractivity contribution in [1.29, 1.82) is 0 Å². The number of carbonyl (C=O) groups excluding carboxylic acids is 1. The van der Waals surface area contributed by atoms with Crippen LogP contribution in [0.5, 0.6) is 0 Å². The third kappa shape index (κ3) is 5.03. The molecule has 3 N–H and O–H groups in total. The fourth-order valence-electron chi connectivity index (χ4n) is 2.67. The summed E-state index contributed by atoms with van der Waals surface area (Å²) < 4.78 is 25.1. The van der Waals surface area contributed by atoms with Crippen LogP contribution in [0.25, 0.3) is 0 Å². The zero-order chi connectivity index (χ0) is 15.4. The van der Waals surface area contributed by atoms with E-state index in [0.29, 0.717) is 0 Å². The van der Waals surface area contributed by atoms with Crippen molar-refractivity contribution in [2.75, 3.05) is 25.9 Å². The highest BCUT2D eigenvalue weighted by molar-refractivity contribution is 7.88. The van der Waals surface area contributed by atoms with Gasteiger partial charge < -0.3 is 10.6 Å². The summed E-state index contributed by atoms with van der Waals surface area (Å²) in [4.78, 5) is 12.4. The van der Waals surface area contributed by atoms with Crippen LogP contribution in [0.2, 0.25) is 0 Å². The summed E-state index contributed by atoms with van der Waals surface area (Å²) in [6.45, 7) is 7.54. The van der Waals surface area contributed by atoms with Gasteiger partial charge in [-0.15, -0.1) is 0 Å². The molecule has 0 bridgehead atoms. The van der Waals surface area contributed by atoms with Crippen molar-refractivity contribution < 1.29 is 13.2 Å². The maximum absolute atomic E-state index is 12.4. The standard InChI is InChI=1S/C13H27N3O3S/c1-5-13(6-8-14-9-7-13)11(17)15-10-12(2,3)16-20(4,18)19/h14,16H,5-10H2,1-4H3,(H,15,17). The van der Waals surface area contributed by atoms with Crippen LogP contribution in [0.15, 0.2) is 0 Å². The van der Waals surface area contributed by atoms with Crippen LogP contribution in [0.1, 0.15) is 40.0 Å². The lowest BCUT2D eigenvalue weighted by Gasteiger charge is -2.36. The van der Waals surface area contributed by atoms with Crippen molar-refractivity contribution >= 4 is 15.9 Å². The van der Waals surface area contributed by atoms with E-state index < -0.39 is 15.6 Å². The van der Waals surface area contributed by atoms with Crippen molar-refractivity contribution in [3.05, 3.63) is 0 Å². The number of carbonyl (C=O) groups is 1. The summed E-state index contributed by atoms with van der Waals surface area (Å²) in [5, 5.41) is 6.17. The molecule has 0 aliphatic carbocycles. The minimum atomic E-state index is -3.29. The quantitative estimate of drug-likeness (QED) is 0.655. The molecule has 0 radical (unpaired) electrons. The molecule has 0 aromatic heterocycles. The van der Waals surface area contributed by atoms with Gasteiger partial charge in [0.15, 0.2) is 0 Å². The molecule has 0 atom stereocenters. The SMILES string of the molecule is CCC1(C(=O)NCC(C)(C)NS(C)(=O)=O)CCNCC1.